The van der Waals surface area contributed by atoms with Gasteiger partial charge in [-0.3, -0.25) is 4.79 Å². The molecule has 0 saturated carbocycles. The highest BCUT2D eigenvalue weighted by Crippen LogP contribution is 2.29. The molecule has 0 bridgehead atoms. The molecule has 2 aromatic rings. The van der Waals surface area contributed by atoms with Crippen LogP contribution in [-0.2, 0) is 23.9 Å². The molecule has 10 nitrogen and oxygen atoms in total. The first-order chi connectivity index (χ1) is 13.2. The van der Waals surface area contributed by atoms with Crippen LogP contribution < -0.4 is 9.47 Å². The average molecular weight is 432 g/mol. The molecule has 1 saturated heterocycles. The monoisotopic (exact) mass is 431 g/mol. The van der Waals surface area contributed by atoms with Gasteiger partial charge < -0.3 is 14.2 Å². The molecular weight excluding hydrogens is 414 g/mol. The molecular formula is C16H18ClN3O7S. The van der Waals surface area contributed by atoms with Crippen LogP contribution in [0.2, 0.25) is 5.15 Å². The lowest BCUT2D eigenvalue weighted by Crippen LogP contribution is -2.38. The van der Waals surface area contributed by atoms with Crippen LogP contribution in [-0.4, -0.2) is 68.6 Å². The highest BCUT2D eigenvalue weighted by atomic mass is 35.5. The number of nitrogens with zero attached hydrogens (tertiary/aromatic N) is 3. The minimum atomic E-state index is -3.83. The summed E-state index contributed by atoms with van der Waals surface area (Å²) < 4.78 is 43.4. The van der Waals surface area contributed by atoms with Gasteiger partial charge in [-0.2, -0.15) is 17.8 Å². The molecule has 1 aromatic heterocycles. The summed E-state index contributed by atoms with van der Waals surface area (Å²) in [7, 11) is -1.09. The molecule has 1 fully saturated rings. The van der Waals surface area contributed by atoms with Crippen LogP contribution in [0.25, 0.3) is 11.0 Å². The van der Waals surface area contributed by atoms with Gasteiger partial charge in [0.25, 0.3) is 16.0 Å². The quantitative estimate of drug-likeness (QED) is 0.617. The molecule has 152 valence electrons. The zero-order valence-corrected chi connectivity index (χ0v) is 16.9. The summed E-state index contributed by atoms with van der Waals surface area (Å²) in [5.41, 5.74) is 1.06. The van der Waals surface area contributed by atoms with Crippen molar-refractivity contribution in [3.05, 3.63) is 23.4 Å². The maximum atomic E-state index is 12.0. The Morgan fingerprint density at radius 3 is 2.64 bits per heavy atom. The van der Waals surface area contributed by atoms with Crippen molar-refractivity contribution in [1.29, 1.82) is 0 Å². The second kappa shape index (κ2) is 8.03. The molecule has 0 aliphatic carbocycles. The Kier molecular flexibility index (Phi) is 5.89. The fourth-order valence-corrected chi connectivity index (χ4v) is 3.51. The maximum Gasteiger partial charge on any atom is 0.325 e. The van der Waals surface area contributed by atoms with Crippen LogP contribution in [0.3, 0.4) is 0 Å². The first-order valence-corrected chi connectivity index (χ1v) is 10.3. The number of ether oxygens (including phenoxy) is 3. The van der Waals surface area contributed by atoms with Gasteiger partial charge in [0.1, 0.15) is 17.9 Å². The van der Waals surface area contributed by atoms with E-state index in [4.69, 9.17) is 30.1 Å². The average Bonchev–Trinajstić information content (AvgIpc) is 3.01. The van der Waals surface area contributed by atoms with Gasteiger partial charge in [0.2, 0.25) is 0 Å². The van der Waals surface area contributed by atoms with Gasteiger partial charge in [-0.25, -0.2) is 9.97 Å². The fourth-order valence-electron chi connectivity index (χ4n) is 2.82. The van der Waals surface area contributed by atoms with Gasteiger partial charge in [0.05, 0.1) is 38.1 Å². The number of methoxy groups -OCH3 is 2. The molecule has 1 aliphatic heterocycles. The molecule has 1 aliphatic rings. The molecule has 2 heterocycles. The van der Waals surface area contributed by atoms with Crippen molar-refractivity contribution in [3.8, 4) is 11.6 Å². The second-order valence-corrected chi connectivity index (χ2v) is 7.98. The van der Waals surface area contributed by atoms with E-state index < -0.39 is 28.2 Å². The normalized spacial score (nSPS) is 20.3. The second-order valence-electron chi connectivity index (χ2n) is 6.07. The Morgan fingerprint density at radius 2 is 2.00 bits per heavy atom. The number of rotatable bonds is 6. The van der Waals surface area contributed by atoms with Gasteiger partial charge in [-0.15, -0.1) is 0 Å². The summed E-state index contributed by atoms with van der Waals surface area (Å²) in [6, 6.07) is 4.17. The largest absolute Gasteiger partial charge is 0.497 e. The van der Waals surface area contributed by atoms with Gasteiger partial charge in [-0.1, -0.05) is 11.6 Å². The number of hydroxylamine groups is 2. The van der Waals surface area contributed by atoms with Crippen LogP contribution in [0.5, 0.6) is 11.6 Å². The van der Waals surface area contributed by atoms with Crippen molar-refractivity contribution in [2.24, 2.45) is 0 Å². The van der Waals surface area contributed by atoms with Crippen LogP contribution >= 0.6 is 11.6 Å². The zero-order chi connectivity index (χ0) is 20.5. The number of carbonyl (C=O) groups is 1. The summed E-state index contributed by atoms with van der Waals surface area (Å²) in [4.78, 5) is 20.5. The smallest absolute Gasteiger partial charge is 0.325 e. The van der Waals surface area contributed by atoms with Crippen LogP contribution in [0.15, 0.2) is 18.2 Å². The highest BCUT2D eigenvalue weighted by molar-refractivity contribution is 7.85. The first kappa shape index (κ1) is 20.5. The number of halogens is 1. The van der Waals surface area contributed by atoms with E-state index in [1.807, 2.05) is 0 Å². The van der Waals surface area contributed by atoms with E-state index in [1.165, 1.54) is 14.2 Å². The highest BCUT2D eigenvalue weighted by Gasteiger charge is 2.42. The number of benzene rings is 1. The van der Waals surface area contributed by atoms with Crippen molar-refractivity contribution in [2.45, 2.75) is 18.6 Å². The number of hydrogen-bond acceptors (Lipinski definition) is 10. The molecule has 2 atom stereocenters. The standard InChI is InChI=1S/C16H18ClN3O7S/c1-24-9-4-5-11-12(6-9)19-15(14(17)18-11)26-10-7-13(16(21)25-2)20(8-10)27-28(3,22)23/h4-6,10,13H,7-8H2,1-3H3/t10-,13+/m1/s1. The molecule has 28 heavy (non-hydrogen) atoms. The Balaban J connectivity index is 1.84. The molecule has 0 radical (unpaired) electrons. The van der Waals surface area contributed by atoms with E-state index in [0.717, 1.165) is 11.3 Å². The minimum absolute atomic E-state index is 0.0129. The lowest BCUT2D eigenvalue weighted by Gasteiger charge is -2.19. The van der Waals surface area contributed by atoms with Gasteiger partial charge in [0, 0.05) is 12.5 Å². The minimum Gasteiger partial charge on any atom is -0.497 e. The number of esters is 1. The van der Waals surface area contributed by atoms with Crippen molar-refractivity contribution in [3.63, 3.8) is 0 Å². The van der Waals surface area contributed by atoms with Crippen LogP contribution in [0, 0.1) is 0 Å². The number of fused-ring (bicyclic) bond motifs is 1. The maximum absolute atomic E-state index is 12.0. The van der Waals surface area contributed by atoms with E-state index in [9.17, 15) is 13.2 Å². The van der Waals surface area contributed by atoms with E-state index in [-0.39, 0.29) is 24.0 Å². The summed E-state index contributed by atoms with van der Waals surface area (Å²) in [6.07, 6.45) is 0.381. The molecule has 12 heteroatoms. The summed E-state index contributed by atoms with van der Waals surface area (Å²) in [5, 5.41) is 1.05. The van der Waals surface area contributed by atoms with Crippen molar-refractivity contribution in [1.82, 2.24) is 15.0 Å². The first-order valence-electron chi connectivity index (χ1n) is 8.12. The fraction of sp³-hybridized carbons (Fsp3) is 0.438. The summed E-state index contributed by atoms with van der Waals surface area (Å²) >= 11 is 6.16. The van der Waals surface area contributed by atoms with Crippen LogP contribution in [0.1, 0.15) is 6.42 Å². The van der Waals surface area contributed by atoms with Gasteiger partial charge >= 0.3 is 5.97 Å². The number of carbonyl (C=O) groups excluding carboxylic acids is 1. The molecule has 0 spiro atoms. The van der Waals surface area contributed by atoms with Gasteiger partial charge in [-0.05, 0) is 12.1 Å². The lowest BCUT2D eigenvalue weighted by molar-refractivity contribution is -0.157. The Hall–Kier alpha value is -2.21. The Morgan fingerprint density at radius 1 is 1.25 bits per heavy atom. The summed E-state index contributed by atoms with van der Waals surface area (Å²) in [6.45, 7) is -0.0129. The van der Waals surface area contributed by atoms with Crippen molar-refractivity contribution in [2.75, 3.05) is 27.0 Å². The van der Waals surface area contributed by atoms with E-state index in [0.29, 0.717) is 16.8 Å². The third-order valence-electron chi connectivity index (χ3n) is 4.00. The van der Waals surface area contributed by atoms with Crippen molar-refractivity contribution < 1.29 is 31.7 Å². The molecule has 0 N–H and O–H groups in total. The van der Waals surface area contributed by atoms with Crippen LogP contribution in [0.4, 0.5) is 0 Å². The predicted molar refractivity (Wildman–Crippen MR) is 98.6 cm³/mol. The van der Waals surface area contributed by atoms with Crippen molar-refractivity contribution >= 4 is 38.7 Å². The SMILES string of the molecule is COC(=O)[C@@H]1C[C@@H](Oc2nc3cc(OC)ccc3nc2Cl)CN1OS(C)(=O)=O. The molecule has 0 amide bonds. The number of hydrogen-bond donors (Lipinski definition) is 0. The predicted octanol–water partition coefficient (Wildman–Crippen LogP) is 1.18. The molecule has 0 unspecified atom stereocenters. The van der Waals surface area contributed by atoms with Gasteiger partial charge in [0.15, 0.2) is 5.15 Å². The lowest BCUT2D eigenvalue weighted by atomic mass is 10.2. The van der Waals surface area contributed by atoms with E-state index in [2.05, 4.69) is 9.97 Å². The molecule has 3 rings (SSSR count). The zero-order valence-electron chi connectivity index (χ0n) is 15.3. The van der Waals surface area contributed by atoms with E-state index in [1.54, 1.807) is 18.2 Å². The molecule has 1 aromatic carbocycles. The van der Waals surface area contributed by atoms with E-state index >= 15 is 0 Å². The Labute approximate surface area is 166 Å². The topological polar surface area (TPSA) is 117 Å². The third kappa shape index (κ3) is 4.61. The third-order valence-corrected chi connectivity index (χ3v) is 4.71. The summed E-state index contributed by atoms with van der Waals surface area (Å²) in [5.74, 6) is 0.00171. The Bertz CT molecular complexity index is 1000. The number of aromatic nitrogens is 2.